The van der Waals surface area contributed by atoms with E-state index < -0.39 is 21.7 Å². The molecule has 0 atom stereocenters. The van der Waals surface area contributed by atoms with Crippen molar-refractivity contribution in [3.8, 4) is 22.6 Å². The van der Waals surface area contributed by atoms with Gasteiger partial charge in [0, 0.05) is 36.8 Å². The molecule has 31 heavy (non-hydrogen) atoms. The molecular weight excluding hydrogens is 433 g/mol. The van der Waals surface area contributed by atoms with Gasteiger partial charge in [-0.15, -0.1) is 0 Å². The SMILES string of the molecule is CCS(=O)(=O)c1cc(-c2cncnc2)cnc1-c1nc2cc(C(F)(F)F)ncc2n1C. The quantitative estimate of drug-likeness (QED) is 0.472. The average molecular weight is 448 g/mol. The van der Waals surface area contributed by atoms with Crippen molar-refractivity contribution in [2.75, 3.05) is 5.75 Å². The van der Waals surface area contributed by atoms with Crippen LogP contribution in [0.25, 0.3) is 33.7 Å². The highest BCUT2D eigenvalue weighted by Crippen LogP contribution is 2.33. The van der Waals surface area contributed by atoms with E-state index in [0.717, 1.165) is 12.3 Å². The van der Waals surface area contributed by atoms with Crippen LogP contribution < -0.4 is 0 Å². The second-order valence-electron chi connectivity index (χ2n) is 6.65. The van der Waals surface area contributed by atoms with Crippen molar-refractivity contribution in [3.63, 3.8) is 0 Å². The Morgan fingerprint density at radius 2 is 1.71 bits per heavy atom. The van der Waals surface area contributed by atoms with Gasteiger partial charge in [0.15, 0.2) is 15.7 Å². The Hall–Kier alpha value is -3.41. The molecule has 0 spiro atoms. The van der Waals surface area contributed by atoms with E-state index in [1.807, 2.05) is 0 Å². The first-order chi connectivity index (χ1) is 14.6. The van der Waals surface area contributed by atoms with Crippen LogP contribution in [0.5, 0.6) is 0 Å². The standard InChI is InChI=1S/C19H15F3N6O2S/c1-3-31(29,30)15-4-11(12-6-23-10-24-7-12)8-26-17(15)18-27-13-5-16(19(20,21)22)25-9-14(13)28(18)2/h4-10H,3H2,1-2H3. The number of hydrogen-bond acceptors (Lipinski definition) is 7. The lowest BCUT2D eigenvalue weighted by atomic mass is 10.1. The van der Waals surface area contributed by atoms with Crippen LogP contribution in [0.15, 0.2) is 48.1 Å². The van der Waals surface area contributed by atoms with Gasteiger partial charge >= 0.3 is 6.18 Å². The molecule has 8 nitrogen and oxygen atoms in total. The number of fused-ring (bicyclic) bond motifs is 1. The van der Waals surface area contributed by atoms with Crippen molar-refractivity contribution in [1.29, 1.82) is 0 Å². The number of aromatic nitrogens is 6. The third-order valence-corrected chi connectivity index (χ3v) is 6.47. The first-order valence-electron chi connectivity index (χ1n) is 9.00. The highest BCUT2D eigenvalue weighted by atomic mass is 32.2. The Morgan fingerprint density at radius 1 is 1.00 bits per heavy atom. The van der Waals surface area contributed by atoms with Gasteiger partial charge < -0.3 is 4.57 Å². The van der Waals surface area contributed by atoms with Crippen LogP contribution in [0, 0.1) is 0 Å². The summed E-state index contributed by atoms with van der Waals surface area (Å²) in [5, 5.41) is 0. The van der Waals surface area contributed by atoms with Crippen molar-refractivity contribution in [2.45, 2.75) is 18.0 Å². The summed E-state index contributed by atoms with van der Waals surface area (Å²) >= 11 is 0. The fourth-order valence-electron chi connectivity index (χ4n) is 3.07. The number of hydrogen-bond donors (Lipinski definition) is 0. The summed E-state index contributed by atoms with van der Waals surface area (Å²) in [6.45, 7) is 1.49. The molecule has 0 aliphatic rings. The molecule has 4 aromatic heterocycles. The Labute approximate surface area is 174 Å². The zero-order valence-electron chi connectivity index (χ0n) is 16.3. The van der Waals surface area contributed by atoms with Crippen LogP contribution in [0.3, 0.4) is 0 Å². The summed E-state index contributed by atoms with van der Waals surface area (Å²) < 4.78 is 66.2. The summed E-state index contributed by atoms with van der Waals surface area (Å²) in [5.74, 6) is -0.0841. The van der Waals surface area contributed by atoms with Crippen LogP contribution in [-0.4, -0.2) is 43.7 Å². The lowest BCUT2D eigenvalue weighted by Crippen LogP contribution is -2.09. The smallest absolute Gasteiger partial charge is 0.324 e. The first kappa shape index (κ1) is 20.8. The predicted molar refractivity (Wildman–Crippen MR) is 105 cm³/mol. The number of halogens is 3. The van der Waals surface area contributed by atoms with E-state index >= 15 is 0 Å². The minimum Gasteiger partial charge on any atom is -0.324 e. The van der Waals surface area contributed by atoms with Gasteiger partial charge in [-0.1, -0.05) is 6.92 Å². The lowest BCUT2D eigenvalue weighted by molar-refractivity contribution is -0.141. The van der Waals surface area contributed by atoms with Gasteiger partial charge in [0.25, 0.3) is 0 Å². The summed E-state index contributed by atoms with van der Waals surface area (Å²) in [5.41, 5.74) is 0.342. The van der Waals surface area contributed by atoms with Gasteiger partial charge in [0.05, 0.1) is 27.9 Å². The zero-order valence-corrected chi connectivity index (χ0v) is 17.1. The molecule has 0 saturated carbocycles. The van der Waals surface area contributed by atoms with Gasteiger partial charge in [-0.25, -0.2) is 28.4 Å². The van der Waals surface area contributed by atoms with Crippen LogP contribution in [0.4, 0.5) is 13.2 Å². The molecule has 0 amide bonds. The van der Waals surface area contributed by atoms with Gasteiger partial charge in [-0.2, -0.15) is 13.2 Å². The Balaban J connectivity index is 1.95. The molecule has 4 rings (SSSR count). The topological polar surface area (TPSA) is 104 Å². The number of pyridine rings is 2. The molecule has 4 aromatic rings. The molecule has 0 N–H and O–H groups in total. The van der Waals surface area contributed by atoms with E-state index in [4.69, 9.17) is 0 Å². The lowest BCUT2D eigenvalue weighted by Gasteiger charge is -2.11. The second-order valence-corrected chi connectivity index (χ2v) is 8.90. The normalized spacial score (nSPS) is 12.4. The monoisotopic (exact) mass is 448 g/mol. The third-order valence-electron chi connectivity index (χ3n) is 4.73. The van der Waals surface area contributed by atoms with E-state index in [1.165, 1.54) is 42.5 Å². The number of sulfone groups is 1. The molecule has 0 unspecified atom stereocenters. The van der Waals surface area contributed by atoms with Gasteiger partial charge in [0.1, 0.15) is 17.7 Å². The van der Waals surface area contributed by atoms with E-state index in [2.05, 4.69) is 24.9 Å². The fourth-order valence-corrected chi connectivity index (χ4v) is 4.12. The fraction of sp³-hybridized carbons (Fsp3) is 0.211. The van der Waals surface area contributed by atoms with Crippen molar-refractivity contribution in [2.24, 2.45) is 7.05 Å². The molecule has 0 aliphatic heterocycles. The number of aryl methyl sites for hydroxylation is 1. The van der Waals surface area contributed by atoms with Crippen LogP contribution >= 0.6 is 0 Å². The number of imidazole rings is 1. The summed E-state index contributed by atoms with van der Waals surface area (Å²) in [7, 11) is -2.19. The zero-order chi connectivity index (χ0) is 22.4. The Bertz CT molecular complexity index is 1390. The molecule has 0 fully saturated rings. The van der Waals surface area contributed by atoms with Crippen molar-refractivity contribution in [3.05, 3.63) is 48.9 Å². The van der Waals surface area contributed by atoms with Gasteiger partial charge in [-0.05, 0) is 12.1 Å². The maximum atomic E-state index is 13.0. The summed E-state index contributed by atoms with van der Waals surface area (Å²) in [6.07, 6.45) is 2.26. The summed E-state index contributed by atoms with van der Waals surface area (Å²) in [6, 6.07) is 2.26. The van der Waals surface area contributed by atoms with Crippen LogP contribution in [-0.2, 0) is 23.1 Å². The first-order valence-corrected chi connectivity index (χ1v) is 10.6. The van der Waals surface area contributed by atoms with E-state index in [-0.39, 0.29) is 27.7 Å². The van der Waals surface area contributed by atoms with Gasteiger partial charge in [-0.3, -0.25) is 4.98 Å². The molecule has 0 aromatic carbocycles. The second kappa shape index (κ2) is 7.38. The van der Waals surface area contributed by atoms with Crippen LogP contribution in [0.2, 0.25) is 0 Å². The Kier molecular flexibility index (Phi) is 4.96. The highest BCUT2D eigenvalue weighted by molar-refractivity contribution is 7.91. The molecule has 0 saturated heterocycles. The molecule has 4 heterocycles. The van der Waals surface area contributed by atoms with E-state index in [1.54, 1.807) is 7.05 Å². The maximum absolute atomic E-state index is 13.0. The van der Waals surface area contributed by atoms with Crippen molar-refractivity contribution < 1.29 is 21.6 Å². The highest BCUT2D eigenvalue weighted by Gasteiger charge is 2.33. The minimum atomic E-state index is -4.62. The predicted octanol–water partition coefficient (Wildman–Crippen LogP) is 3.30. The number of alkyl halides is 3. The molecule has 0 aliphatic carbocycles. The summed E-state index contributed by atoms with van der Waals surface area (Å²) in [4.78, 5) is 19.8. The number of nitrogens with zero attached hydrogens (tertiary/aromatic N) is 6. The van der Waals surface area contributed by atoms with E-state index in [0.29, 0.717) is 16.6 Å². The average Bonchev–Trinajstić information content (AvgIpc) is 3.09. The maximum Gasteiger partial charge on any atom is 0.433 e. The molecular formula is C19H15F3N6O2S. The van der Waals surface area contributed by atoms with Gasteiger partial charge in [0.2, 0.25) is 0 Å². The molecule has 0 radical (unpaired) electrons. The minimum absolute atomic E-state index is 0.0296. The molecule has 0 bridgehead atoms. The molecule has 12 heteroatoms. The Morgan fingerprint density at radius 3 is 2.35 bits per heavy atom. The van der Waals surface area contributed by atoms with Crippen molar-refractivity contribution in [1.82, 2.24) is 29.5 Å². The number of rotatable bonds is 4. The van der Waals surface area contributed by atoms with Crippen molar-refractivity contribution >= 4 is 20.9 Å². The molecule has 160 valence electrons. The largest absolute Gasteiger partial charge is 0.433 e. The third kappa shape index (κ3) is 3.74. The van der Waals surface area contributed by atoms with Crippen LogP contribution in [0.1, 0.15) is 12.6 Å². The van der Waals surface area contributed by atoms with E-state index in [9.17, 15) is 21.6 Å².